The molecule has 0 saturated heterocycles. The summed E-state index contributed by atoms with van der Waals surface area (Å²) in [5.41, 5.74) is 1.96. The fourth-order valence-corrected chi connectivity index (χ4v) is 2.45. The summed E-state index contributed by atoms with van der Waals surface area (Å²) in [5.74, 6) is -0.0128. The van der Waals surface area contributed by atoms with E-state index in [1.807, 2.05) is 41.1 Å². The molecule has 1 heterocycles. The predicted molar refractivity (Wildman–Crippen MR) is 87.1 cm³/mol. The molecule has 4 nitrogen and oxygen atoms in total. The Balaban J connectivity index is 1.56. The Labute approximate surface area is 132 Å². The highest BCUT2D eigenvalue weighted by Gasteiger charge is 2.20. The number of nitrogens with one attached hydrogen (secondary N) is 2. The molecule has 110 valence electrons. The van der Waals surface area contributed by atoms with E-state index in [1.54, 1.807) is 0 Å². The molecule has 1 saturated carbocycles. The highest BCUT2D eigenvalue weighted by atomic mass is 79.9. The van der Waals surface area contributed by atoms with Crippen molar-refractivity contribution in [3.8, 4) is 0 Å². The van der Waals surface area contributed by atoms with Gasteiger partial charge in [0, 0.05) is 34.6 Å². The van der Waals surface area contributed by atoms with Crippen molar-refractivity contribution in [2.45, 2.75) is 32.0 Å². The van der Waals surface area contributed by atoms with Crippen LogP contribution in [0.15, 0.2) is 47.1 Å². The number of nitrogens with zero attached hydrogens (tertiary/aromatic N) is 1. The molecule has 1 aliphatic rings. The fourth-order valence-electron chi connectivity index (χ4n) is 2.19. The lowest BCUT2D eigenvalue weighted by Gasteiger charge is -2.10. The predicted octanol–water partition coefficient (Wildman–Crippen LogP) is 3.14. The van der Waals surface area contributed by atoms with E-state index >= 15 is 0 Å². The third kappa shape index (κ3) is 4.19. The van der Waals surface area contributed by atoms with Crippen molar-refractivity contribution in [2.24, 2.45) is 0 Å². The Bertz CT molecular complexity index is 617. The zero-order valence-corrected chi connectivity index (χ0v) is 13.3. The van der Waals surface area contributed by atoms with Gasteiger partial charge in [0.15, 0.2) is 0 Å². The van der Waals surface area contributed by atoms with Crippen LogP contribution in [0.3, 0.4) is 0 Å². The highest BCUT2D eigenvalue weighted by Crippen LogP contribution is 2.19. The molecule has 1 aromatic heterocycles. The molecule has 0 aliphatic heterocycles. The first kappa shape index (κ1) is 14.4. The van der Waals surface area contributed by atoms with Gasteiger partial charge in [-0.05, 0) is 49.2 Å². The Morgan fingerprint density at radius 3 is 2.71 bits per heavy atom. The number of rotatable bonds is 6. The van der Waals surface area contributed by atoms with Crippen LogP contribution >= 0.6 is 15.9 Å². The van der Waals surface area contributed by atoms with Crippen molar-refractivity contribution in [1.29, 1.82) is 0 Å². The zero-order valence-electron chi connectivity index (χ0n) is 11.7. The molecule has 3 rings (SSSR count). The topological polar surface area (TPSA) is 46.1 Å². The first-order valence-electron chi connectivity index (χ1n) is 7.13. The highest BCUT2D eigenvalue weighted by molar-refractivity contribution is 9.10. The van der Waals surface area contributed by atoms with Gasteiger partial charge in [-0.2, -0.15) is 0 Å². The van der Waals surface area contributed by atoms with E-state index < -0.39 is 0 Å². The van der Waals surface area contributed by atoms with E-state index in [0.717, 1.165) is 22.4 Å². The summed E-state index contributed by atoms with van der Waals surface area (Å²) in [4.78, 5) is 12.1. The van der Waals surface area contributed by atoms with Crippen LogP contribution in [0.5, 0.6) is 0 Å². The van der Waals surface area contributed by atoms with Gasteiger partial charge < -0.3 is 15.2 Å². The number of anilines is 1. The number of halogens is 1. The molecule has 1 amide bonds. The van der Waals surface area contributed by atoms with Gasteiger partial charge in [0.2, 0.25) is 5.91 Å². The smallest absolute Gasteiger partial charge is 0.244 e. The molecule has 1 aliphatic carbocycles. The monoisotopic (exact) mass is 347 g/mol. The zero-order chi connectivity index (χ0) is 14.7. The van der Waals surface area contributed by atoms with Crippen LogP contribution < -0.4 is 10.6 Å². The van der Waals surface area contributed by atoms with Gasteiger partial charge in [0.1, 0.15) is 6.54 Å². The number of carbonyl (C=O) groups is 1. The summed E-state index contributed by atoms with van der Waals surface area (Å²) in [7, 11) is 0. The molecule has 5 heteroatoms. The lowest BCUT2D eigenvalue weighted by atomic mass is 10.3. The van der Waals surface area contributed by atoms with E-state index in [9.17, 15) is 4.79 Å². The SMILES string of the molecule is O=C(Cn1cccc1CNC1CC1)Nc1ccc(Br)cc1. The van der Waals surface area contributed by atoms with Crippen LogP contribution in [0.25, 0.3) is 0 Å². The number of hydrogen-bond donors (Lipinski definition) is 2. The molecule has 2 aromatic rings. The minimum absolute atomic E-state index is 0.0128. The van der Waals surface area contributed by atoms with Crippen molar-refractivity contribution < 1.29 is 4.79 Å². The Morgan fingerprint density at radius 1 is 1.24 bits per heavy atom. The van der Waals surface area contributed by atoms with Gasteiger partial charge in [-0.15, -0.1) is 0 Å². The summed E-state index contributed by atoms with van der Waals surface area (Å²) in [6.45, 7) is 1.16. The third-order valence-electron chi connectivity index (χ3n) is 3.51. The Kier molecular flexibility index (Phi) is 4.41. The first-order valence-corrected chi connectivity index (χ1v) is 7.93. The van der Waals surface area contributed by atoms with Gasteiger partial charge in [-0.25, -0.2) is 0 Å². The second-order valence-electron chi connectivity index (χ2n) is 5.34. The van der Waals surface area contributed by atoms with E-state index in [0.29, 0.717) is 12.6 Å². The second kappa shape index (κ2) is 6.45. The molecule has 0 radical (unpaired) electrons. The van der Waals surface area contributed by atoms with E-state index in [-0.39, 0.29) is 5.91 Å². The van der Waals surface area contributed by atoms with Gasteiger partial charge in [0.25, 0.3) is 0 Å². The molecule has 21 heavy (non-hydrogen) atoms. The molecular weight excluding hydrogens is 330 g/mol. The average Bonchev–Trinajstić information content (AvgIpc) is 3.20. The van der Waals surface area contributed by atoms with Crippen LogP contribution in [0.4, 0.5) is 5.69 Å². The number of aromatic nitrogens is 1. The lowest BCUT2D eigenvalue weighted by molar-refractivity contribution is -0.116. The van der Waals surface area contributed by atoms with Gasteiger partial charge in [-0.1, -0.05) is 15.9 Å². The third-order valence-corrected chi connectivity index (χ3v) is 4.04. The van der Waals surface area contributed by atoms with Crippen molar-refractivity contribution in [3.05, 3.63) is 52.8 Å². The average molecular weight is 348 g/mol. The molecule has 2 N–H and O–H groups in total. The molecule has 0 spiro atoms. The molecular formula is C16H18BrN3O. The number of amides is 1. The van der Waals surface area contributed by atoms with E-state index in [1.165, 1.54) is 12.8 Å². The quantitative estimate of drug-likeness (QED) is 0.843. The van der Waals surface area contributed by atoms with Crippen molar-refractivity contribution in [3.63, 3.8) is 0 Å². The van der Waals surface area contributed by atoms with Crippen molar-refractivity contribution in [2.75, 3.05) is 5.32 Å². The standard InChI is InChI=1S/C16H18BrN3O/c17-12-3-5-14(6-4-12)19-16(21)11-20-9-1-2-15(20)10-18-13-7-8-13/h1-6,9,13,18H,7-8,10-11H2,(H,19,21). The molecule has 1 fully saturated rings. The van der Waals surface area contributed by atoms with Crippen LogP contribution in [-0.4, -0.2) is 16.5 Å². The van der Waals surface area contributed by atoms with Crippen LogP contribution in [0.1, 0.15) is 18.5 Å². The number of hydrogen-bond acceptors (Lipinski definition) is 2. The van der Waals surface area contributed by atoms with Gasteiger partial charge in [0.05, 0.1) is 0 Å². The van der Waals surface area contributed by atoms with Crippen molar-refractivity contribution in [1.82, 2.24) is 9.88 Å². The largest absolute Gasteiger partial charge is 0.341 e. The number of carbonyl (C=O) groups excluding carboxylic acids is 1. The number of benzene rings is 1. The summed E-state index contributed by atoms with van der Waals surface area (Å²) >= 11 is 3.38. The maximum atomic E-state index is 12.1. The lowest BCUT2D eigenvalue weighted by Crippen LogP contribution is -2.22. The van der Waals surface area contributed by atoms with Gasteiger partial charge >= 0.3 is 0 Å². The van der Waals surface area contributed by atoms with Crippen molar-refractivity contribution >= 4 is 27.5 Å². The van der Waals surface area contributed by atoms with Crippen LogP contribution in [-0.2, 0) is 17.9 Å². The van der Waals surface area contributed by atoms with Crippen LogP contribution in [0.2, 0.25) is 0 Å². The maximum absolute atomic E-state index is 12.1. The van der Waals surface area contributed by atoms with E-state index in [2.05, 4.69) is 32.6 Å². The normalized spacial score (nSPS) is 14.1. The minimum atomic E-state index is -0.0128. The van der Waals surface area contributed by atoms with E-state index in [4.69, 9.17) is 0 Å². The molecule has 1 aromatic carbocycles. The fraction of sp³-hybridized carbons (Fsp3) is 0.312. The Hall–Kier alpha value is -1.59. The summed E-state index contributed by atoms with van der Waals surface area (Å²) < 4.78 is 2.99. The van der Waals surface area contributed by atoms with Crippen LogP contribution in [0, 0.1) is 0 Å². The summed E-state index contributed by atoms with van der Waals surface area (Å²) in [5, 5.41) is 6.38. The Morgan fingerprint density at radius 2 is 2.00 bits per heavy atom. The second-order valence-corrected chi connectivity index (χ2v) is 6.25. The first-order chi connectivity index (χ1) is 10.2. The molecule has 0 bridgehead atoms. The minimum Gasteiger partial charge on any atom is -0.341 e. The maximum Gasteiger partial charge on any atom is 0.244 e. The van der Waals surface area contributed by atoms with Gasteiger partial charge in [-0.3, -0.25) is 4.79 Å². The molecule has 0 unspecified atom stereocenters. The molecule has 0 atom stereocenters. The summed E-state index contributed by atoms with van der Waals surface area (Å²) in [6, 6.07) is 12.3. The summed E-state index contributed by atoms with van der Waals surface area (Å²) in [6.07, 6.45) is 4.49.